The Morgan fingerprint density at radius 2 is 1.61 bits per heavy atom. The van der Waals surface area contributed by atoms with Crippen LogP contribution in [0.25, 0.3) is 0 Å². The fourth-order valence-electron chi connectivity index (χ4n) is 4.01. The summed E-state index contributed by atoms with van der Waals surface area (Å²) in [5.74, 6) is -2.08. The number of hydrogen-bond donors (Lipinski definition) is 3. The summed E-state index contributed by atoms with van der Waals surface area (Å²) in [6.45, 7) is 0. The molecule has 0 bridgehead atoms. The molecule has 1 atom stereocenters. The molecule has 2 heterocycles. The van der Waals surface area contributed by atoms with E-state index >= 15 is 0 Å². The Bertz CT molecular complexity index is 1430. The van der Waals surface area contributed by atoms with Gasteiger partial charge in [-0.1, -0.05) is 41.4 Å². The summed E-state index contributed by atoms with van der Waals surface area (Å²) in [6.07, 6.45) is 0. The van der Waals surface area contributed by atoms with Crippen LogP contribution in [0.15, 0.2) is 47.4 Å². The molecule has 5 rings (SSSR count). The summed E-state index contributed by atoms with van der Waals surface area (Å²) in [5.41, 5.74) is -1.80. The zero-order chi connectivity index (χ0) is 22.3. The first kappa shape index (κ1) is 20.0. The maximum Gasteiger partial charge on any atom is 0.340 e. The van der Waals surface area contributed by atoms with E-state index in [0.717, 1.165) is 12.1 Å². The predicted molar refractivity (Wildman–Crippen MR) is 108 cm³/mol. The van der Waals surface area contributed by atoms with Gasteiger partial charge in [-0.05, 0) is 12.1 Å². The van der Waals surface area contributed by atoms with E-state index in [1.165, 1.54) is 18.2 Å². The Labute approximate surface area is 184 Å². The third-order valence-electron chi connectivity index (χ3n) is 5.20. The molecule has 3 N–H and O–H groups in total. The largest absolute Gasteiger partial charge is 0.506 e. The van der Waals surface area contributed by atoms with Crippen molar-refractivity contribution in [3.8, 4) is 23.0 Å². The number of phenols is 2. The zero-order valence-corrected chi connectivity index (χ0v) is 17.4. The monoisotopic (exact) mass is 480 g/mol. The molecule has 0 aliphatic carbocycles. The first-order chi connectivity index (χ1) is 14.6. The molecule has 158 valence electrons. The van der Waals surface area contributed by atoms with Crippen LogP contribution in [0.3, 0.4) is 0 Å². The van der Waals surface area contributed by atoms with Gasteiger partial charge in [-0.25, -0.2) is 4.79 Å². The summed E-state index contributed by atoms with van der Waals surface area (Å²) >= 11 is 12.2. The van der Waals surface area contributed by atoms with Crippen LogP contribution in [0.5, 0.6) is 23.0 Å². The first-order valence-corrected chi connectivity index (χ1v) is 10.8. The normalized spacial score (nSPS) is 18.7. The Hall–Kier alpha value is -2.98. The third-order valence-corrected chi connectivity index (χ3v) is 6.92. The van der Waals surface area contributed by atoms with Crippen LogP contribution < -0.4 is 4.74 Å². The molecule has 0 saturated heterocycles. The van der Waals surface area contributed by atoms with E-state index in [9.17, 15) is 28.0 Å². The van der Waals surface area contributed by atoms with Crippen molar-refractivity contribution >= 4 is 39.3 Å². The number of phenolic OH excluding ortho intramolecular Hbond substituents is 2. The highest BCUT2D eigenvalue weighted by atomic mass is 35.5. The standard InChI is InChI=1S/C20H10Cl2O8S/c21-11-5-10-14(6-12(11)23)29-15-7-13(24)17(22)18(31(26,27)28)16(15)20(10)9-4-2-1-3-8(9)19(25)30-20/h1-7,23-24H,(H,26,27,28). The molecule has 1 spiro atoms. The molecule has 0 amide bonds. The van der Waals surface area contributed by atoms with Gasteiger partial charge >= 0.3 is 5.97 Å². The van der Waals surface area contributed by atoms with Crippen LogP contribution in [0, 0.1) is 0 Å². The molecule has 1 unspecified atom stereocenters. The fourth-order valence-corrected chi connectivity index (χ4v) is 5.45. The van der Waals surface area contributed by atoms with Crippen molar-refractivity contribution in [3.63, 3.8) is 0 Å². The number of rotatable bonds is 1. The number of benzene rings is 3. The van der Waals surface area contributed by atoms with Gasteiger partial charge in [-0.2, -0.15) is 8.42 Å². The van der Waals surface area contributed by atoms with Crippen LogP contribution in [0.4, 0.5) is 0 Å². The van der Waals surface area contributed by atoms with E-state index in [0.29, 0.717) is 0 Å². The highest BCUT2D eigenvalue weighted by Crippen LogP contribution is 2.60. The van der Waals surface area contributed by atoms with Crippen molar-refractivity contribution in [3.05, 3.63) is 74.8 Å². The SMILES string of the molecule is O=C1OC2(c3cc(Cl)c(O)cc3Oc3cc(O)c(Cl)c(S(=O)(=O)O)c32)c2ccccc21. The number of hydrogen-bond acceptors (Lipinski definition) is 7. The Morgan fingerprint density at radius 3 is 2.32 bits per heavy atom. The van der Waals surface area contributed by atoms with Gasteiger partial charge < -0.3 is 19.7 Å². The number of fused-ring (bicyclic) bond motifs is 6. The minimum Gasteiger partial charge on any atom is -0.506 e. The van der Waals surface area contributed by atoms with Gasteiger partial charge in [0.15, 0.2) is 5.60 Å². The van der Waals surface area contributed by atoms with Crippen LogP contribution in [0.2, 0.25) is 10.0 Å². The summed E-state index contributed by atoms with van der Waals surface area (Å²) in [6, 6.07) is 9.67. The summed E-state index contributed by atoms with van der Waals surface area (Å²) in [4.78, 5) is 11.9. The lowest BCUT2D eigenvalue weighted by Crippen LogP contribution is -2.35. The number of carbonyl (C=O) groups excluding carboxylic acids is 1. The fraction of sp³-hybridized carbons (Fsp3) is 0.0500. The molecule has 3 aromatic carbocycles. The maximum atomic E-state index is 12.8. The molecule has 11 heteroatoms. The minimum absolute atomic E-state index is 0.0121. The van der Waals surface area contributed by atoms with Crippen molar-refractivity contribution in [1.82, 2.24) is 0 Å². The number of aromatic hydroxyl groups is 2. The van der Waals surface area contributed by atoms with Crippen LogP contribution in [0.1, 0.15) is 27.0 Å². The molecule has 0 aromatic heterocycles. The Kier molecular flexibility index (Phi) is 4.03. The molecular formula is C20H10Cl2O8S. The van der Waals surface area contributed by atoms with Crippen LogP contribution in [-0.2, 0) is 20.5 Å². The second-order valence-corrected chi connectivity index (χ2v) is 9.05. The minimum atomic E-state index is -5.05. The molecule has 8 nitrogen and oxygen atoms in total. The van der Waals surface area contributed by atoms with Gasteiger partial charge in [0.05, 0.1) is 16.1 Å². The van der Waals surface area contributed by atoms with E-state index in [-0.39, 0.29) is 44.5 Å². The van der Waals surface area contributed by atoms with Gasteiger partial charge in [0.1, 0.15) is 32.9 Å². The molecular weight excluding hydrogens is 471 g/mol. The van der Waals surface area contributed by atoms with E-state index in [1.54, 1.807) is 12.1 Å². The van der Waals surface area contributed by atoms with Gasteiger partial charge in [-0.3, -0.25) is 4.55 Å². The maximum absolute atomic E-state index is 12.8. The van der Waals surface area contributed by atoms with Crippen LogP contribution >= 0.6 is 23.2 Å². The van der Waals surface area contributed by atoms with Gasteiger partial charge in [-0.15, -0.1) is 0 Å². The average Bonchev–Trinajstić information content (AvgIpc) is 2.98. The molecule has 3 aromatic rings. The summed E-state index contributed by atoms with van der Waals surface area (Å²) in [5, 5.41) is 19.4. The summed E-state index contributed by atoms with van der Waals surface area (Å²) in [7, 11) is -5.05. The van der Waals surface area contributed by atoms with Crippen molar-refractivity contribution in [2.24, 2.45) is 0 Å². The predicted octanol–water partition coefficient (Wildman–Crippen LogP) is 4.22. The van der Waals surface area contributed by atoms with Crippen LogP contribution in [-0.4, -0.2) is 29.2 Å². The van der Waals surface area contributed by atoms with Gasteiger partial charge in [0.25, 0.3) is 10.1 Å². The highest BCUT2D eigenvalue weighted by molar-refractivity contribution is 7.86. The van der Waals surface area contributed by atoms with Gasteiger partial charge in [0.2, 0.25) is 0 Å². The lowest BCUT2D eigenvalue weighted by atomic mass is 9.77. The van der Waals surface area contributed by atoms with E-state index in [1.807, 2.05) is 0 Å². The topological polar surface area (TPSA) is 130 Å². The lowest BCUT2D eigenvalue weighted by molar-refractivity contribution is 0.0214. The van der Waals surface area contributed by atoms with E-state index < -0.39 is 37.4 Å². The lowest BCUT2D eigenvalue weighted by Gasteiger charge is -2.37. The molecule has 0 saturated carbocycles. The second kappa shape index (κ2) is 6.27. The zero-order valence-electron chi connectivity index (χ0n) is 15.1. The van der Waals surface area contributed by atoms with Crippen molar-refractivity contribution < 1.29 is 37.5 Å². The molecule has 31 heavy (non-hydrogen) atoms. The Balaban J connectivity index is 2.03. The number of carbonyl (C=O) groups is 1. The molecule has 0 radical (unpaired) electrons. The number of halogens is 2. The summed E-state index contributed by atoms with van der Waals surface area (Å²) < 4.78 is 46.1. The molecule has 0 fully saturated rings. The average molecular weight is 481 g/mol. The van der Waals surface area contributed by atoms with Crippen molar-refractivity contribution in [1.29, 1.82) is 0 Å². The van der Waals surface area contributed by atoms with E-state index in [2.05, 4.69) is 0 Å². The van der Waals surface area contributed by atoms with Crippen molar-refractivity contribution in [2.45, 2.75) is 10.5 Å². The highest BCUT2D eigenvalue weighted by Gasteiger charge is 2.56. The van der Waals surface area contributed by atoms with Gasteiger partial charge in [0, 0.05) is 23.3 Å². The first-order valence-electron chi connectivity index (χ1n) is 8.63. The van der Waals surface area contributed by atoms with E-state index in [4.69, 9.17) is 32.7 Å². The quantitative estimate of drug-likeness (QED) is 0.348. The molecule has 2 aliphatic rings. The smallest absolute Gasteiger partial charge is 0.340 e. The third kappa shape index (κ3) is 2.58. The molecule has 2 aliphatic heterocycles. The van der Waals surface area contributed by atoms with Crippen molar-refractivity contribution in [2.75, 3.05) is 0 Å². The Morgan fingerprint density at radius 1 is 0.935 bits per heavy atom. The number of ether oxygens (including phenoxy) is 2. The second-order valence-electron chi connectivity index (χ2n) is 6.91. The number of esters is 1.